The number of rotatable bonds is 2. The Kier molecular flexibility index (Phi) is 2.69. The predicted molar refractivity (Wildman–Crippen MR) is 75.8 cm³/mol. The van der Waals surface area contributed by atoms with E-state index in [0.29, 0.717) is 5.92 Å². The third-order valence-corrected chi connectivity index (χ3v) is 4.26. The zero-order chi connectivity index (χ0) is 11.7. The smallest absolute Gasteiger partial charge is 0.0345 e. The summed E-state index contributed by atoms with van der Waals surface area (Å²) in [6.45, 7) is 2.28. The second-order valence-electron chi connectivity index (χ2n) is 4.32. The summed E-state index contributed by atoms with van der Waals surface area (Å²) < 4.78 is 1.38. The normalized spacial score (nSPS) is 12.8. The van der Waals surface area contributed by atoms with Crippen LogP contribution < -0.4 is 0 Å². The molecule has 1 heteroatoms. The summed E-state index contributed by atoms with van der Waals surface area (Å²) in [4.78, 5) is 0. The summed E-state index contributed by atoms with van der Waals surface area (Å²) in [7, 11) is 0. The summed E-state index contributed by atoms with van der Waals surface area (Å²) in [5, 5.41) is 3.69. The molecule has 1 aromatic heterocycles. The van der Waals surface area contributed by atoms with E-state index in [2.05, 4.69) is 66.9 Å². The van der Waals surface area contributed by atoms with Crippen molar-refractivity contribution < 1.29 is 0 Å². The Hall–Kier alpha value is -1.60. The van der Waals surface area contributed by atoms with Gasteiger partial charge in [-0.05, 0) is 28.0 Å². The van der Waals surface area contributed by atoms with Gasteiger partial charge in [-0.3, -0.25) is 0 Å². The van der Waals surface area contributed by atoms with Gasteiger partial charge < -0.3 is 0 Å². The first kappa shape index (κ1) is 10.5. The molecule has 3 aromatic rings. The van der Waals surface area contributed by atoms with Crippen molar-refractivity contribution in [2.45, 2.75) is 12.8 Å². The number of hydrogen-bond acceptors (Lipinski definition) is 1. The van der Waals surface area contributed by atoms with E-state index in [-0.39, 0.29) is 0 Å². The highest BCUT2D eigenvalue weighted by molar-refractivity contribution is 7.17. The Labute approximate surface area is 106 Å². The minimum absolute atomic E-state index is 0.465. The molecule has 0 amide bonds. The van der Waals surface area contributed by atoms with Crippen molar-refractivity contribution in [3.8, 4) is 0 Å². The first-order chi connectivity index (χ1) is 8.36. The van der Waals surface area contributed by atoms with Gasteiger partial charge in [-0.25, -0.2) is 0 Å². The number of thiophene rings is 1. The maximum atomic E-state index is 2.29. The Balaban J connectivity index is 2.10. The predicted octanol–water partition coefficient (Wildman–Crippen LogP) is 5.05. The summed E-state index contributed by atoms with van der Waals surface area (Å²) in [5.41, 5.74) is 2.83. The Morgan fingerprint density at radius 1 is 0.882 bits per heavy atom. The summed E-state index contributed by atoms with van der Waals surface area (Å²) in [5.74, 6) is 0.465. The van der Waals surface area contributed by atoms with Crippen LogP contribution in [0.1, 0.15) is 24.0 Å². The maximum absolute atomic E-state index is 2.29. The van der Waals surface area contributed by atoms with Crippen molar-refractivity contribution in [3.05, 3.63) is 71.1 Å². The van der Waals surface area contributed by atoms with Crippen LogP contribution in [-0.4, -0.2) is 0 Å². The van der Waals surface area contributed by atoms with Crippen LogP contribution in [0.25, 0.3) is 10.1 Å². The van der Waals surface area contributed by atoms with Gasteiger partial charge in [0.25, 0.3) is 0 Å². The molecule has 0 aliphatic carbocycles. The zero-order valence-electron chi connectivity index (χ0n) is 9.76. The van der Waals surface area contributed by atoms with Crippen LogP contribution in [0, 0.1) is 0 Å². The van der Waals surface area contributed by atoms with Crippen molar-refractivity contribution in [2.24, 2.45) is 0 Å². The van der Waals surface area contributed by atoms with Crippen LogP contribution in [0.3, 0.4) is 0 Å². The van der Waals surface area contributed by atoms with Crippen molar-refractivity contribution in [3.63, 3.8) is 0 Å². The average molecular weight is 238 g/mol. The van der Waals surface area contributed by atoms with Gasteiger partial charge in [-0.1, -0.05) is 55.5 Å². The van der Waals surface area contributed by atoms with Crippen molar-refractivity contribution in [1.82, 2.24) is 0 Å². The number of benzene rings is 2. The topological polar surface area (TPSA) is 0 Å². The lowest BCUT2D eigenvalue weighted by molar-refractivity contribution is 0.938. The van der Waals surface area contributed by atoms with E-state index in [1.54, 1.807) is 0 Å². The van der Waals surface area contributed by atoms with E-state index >= 15 is 0 Å². The van der Waals surface area contributed by atoms with E-state index < -0.39 is 0 Å². The minimum Gasteiger partial charge on any atom is -0.143 e. The lowest BCUT2D eigenvalue weighted by Gasteiger charge is -2.11. The molecule has 1 atom stereocenters. The van der Waals surface area contributed by atoms with Crippen LogP contribution in [0.5, 0.6) is 0 Å². The quantitative estimate of drug-likeness (QED) is 0.586. The lowest BCUT2D eigenvalue weighted by atomic mass is 9.93. The molecule has 3 rings (SSSR count). The van der Waals surface area contributed by atoms with E-state index in [1.165, 1.54) is 21.2 Å². The Morgan fingerprint density at radius 3 is 2.41 bits per heavy atom. The zero-order valence-corrected chi connectivity index (χ0v) is 10.6. The highest BCUT2D eigenvalue weighted by Gasteiger charge is 2.12. The molecule has 0 spiro atoms. The molecule has 1 unspecified atom stereocenters. The summed E-state index contributed by atoms with van der Waals surface area (Å²) in [6.07, 6.45) is 0. The van der Waals surface area contributed by atoms with Crippen LogP contribution >= 0.6 is 11.3 Å². The molecule has 0 aliphatic rings. The maximum Gasteiger partial charge on any atom is 0.0345 e. The number of fused-ring (bicyclic) bond motifs is 1. The van der Waals surface area contributed by atoms with E-state index in [9.17, 15) is 0 Å². The van der Waals surface area contributed by atoms with Gasteiger partial charge in [0, 0.05) is 10.6 Å². The fourth-order valence-electron chi connectivity index (χ4n) is 2.25. The van der Waals surface area contributed by atoms with Gasteiger partial charge in [0.2, 0.25) is 0 Å². The minimum atomic E-state index is 0.465. The average Bonchev–Trinajstić information content (AvgIpc) is 2.83. The molecular weight excluding hydrogens is 224 g/mol. The molecule has 0 saturated heterocycles. The highest BCUT2D eigenvalue weighted by Crippen LogP contribution is 2.34. The molecule has 1 heterocycles. The van der Waals surface area contributed by atoms with Crippen LogP contribution in [-0.2, 0) is 0 Å². The molecule has 0 bridgehead atoms. The molecule has 2 aromatic carbocycles. The van der Waals surface area contributed by atoms with Crippen LogP contribution in [0.4, 0.5) is 0 Å². The largest absolute Gasteiger partial charge is 0.143 e. The van der Waals surface area contributed by atoms with E-state index in [4.69, 9.17) is 0 Å². The molecule has 0 nitrogen and oxygen atoms in total. The third-order valence-electron chi connectivity index (χ3n) is 3.28. The summed E-state index contributed by atoms with van der Waals surface area (Å²) in [6, 6.07) is 19.4. The Morgan fingerprint density at radius 2 is 1.59 bits per heavy atom. The van der Waals surface area contributed by atoms with Crippen LogP contribution in [0.2, 0.25) is 0 Å². The van der Waals surface area contributed by atoms with Crippen molar-refractivity contribution >= 4 is 21.4 Å². The molecule has 0 fully saturated rings. The molecular formula is C16H14S. The van der Waals surface area contributed by atoms with Gasteiger partial charge in [-0.15, -0.1) is 11.3 Å². The van der Waals surface area contributed by atoms with Crippen LogP contribution in [0.15, 0.2) is 60.0 Å². The highest BCUT2D eigenvalue weighted by atomic mass is 32.1. The molecule has 0 N–H and O–H groups in total. The fourth-order valence-corrected chi connectivity index (χ4v) is 3.31. The monoisotopic (exact) mass is 238 g/mol. The van der Waals surface area contributed by atoms with Gasteiger partial charge in [0.05, 0.1) is 0 Å². The second kappa shape index (κ2) is 4.34. The van der Waals surface area contributed by atoms with Crippen molar-refractivity contribution in [2.75, 3.05) is 0 Å². The van der Waals surface area contributed by atoms with Gasteiger partial charge >= 0.3 is 0 Å². The third kappa shape index (κ3) is 1.87. The van der Waals surface area contributed by atoms with E-state index in [0.717, 1.165) is 0 Å². The fraction of sp³-hybridized carbons (Fsp3) is 0.125. The molecule has 0 radical (unpaired) electrons. The first-order valence-corrected chi connectivity index (χ1v) is 6.75. The molecule has 84 valence electrons. The second-order valence-corrected chi connectivity index (χ2v) is 5.23. The molecule has 0 aliphatic heterocycles. The molecule has 0 saturated carbocycles. The van der Waals surface area contributed by atoms with Gasteiger partial charge in [-0.2, -0.15) is 0 Å². The standard InChI is InChI=1S/C16H14S/c1-12(13-7-3-2-4-8-13)15-11-17-16-10-6-5-9-14(15)16/h2-12H,1H3. The number of hydrogen-bond donors (Lipinski definition) is 0. The van der Waals surface area contributed by atoms with E-state index in [1.807, 2.05) is 11.3 Å². The SMILES string of the molecule is CC(c1ccccc1)c1csc2ccccc12. The lowest BCUT2D eigenvalue weighted by Crippen LogP contribution is -1.93. The van der Waals surface area contributed by atoms with Gasteiger partial charge in [0.1, 0.15) is 0 Å². The summed E-state index contributed by atoms with van der Waals surface area (Å²) >= 11 is 1.84. The first-order valence-electron chi connectivity index (χ1n) is 5.87. The Bertz CT molecular complexity index is 622. The molecule has 17 heavy (non-hydrogen) atoms. The van der Waals surface area contributed by atoms with Gasteiger partial charge in [0.15, 0.2) is 0 Å². The van der Waals surface area contributed by atoms with Crippen molar-refractivity contribution in [1.29, 1.82) is 0 Å².